The van der Waals surface area contributed by atoms with E-state index in [0.29, 0.717) is 5.56 Å². The van der Waals surface area contributed by atoms with Gasteiger partial charge in [0.2, 0.25) is 0 Å². The molecule has 1 heterocycles. The van der Waals surface area contributed by atoms with Gasteiger partial charge in [-0.1, -0.05) is 39.1 Å². The van der Waals surface area contributed by atoms with Crippen molar-refractivity contribution < 1.29 is 9.59 Å². The molecule has 0 fully saturated rings. The van der Waals surface area contributed by atoms with Crippen molar-refractivity contribution >= 4 is 50.9 Å². The quantitative estimate of drug-likeness (QED) is 0.612. The maximum Gasteiger partial charge on any atom is 0.269 e. The fourth-order valence-corrected chi connectivity index (χ4v) is 2.18. The van der Waals surface area contributed by atoms with E-state index in [4.69, 9.17) is 23.2 Å². The first-order valence-corrected chi connectivity index (χ1v) is 7.20. The molecule has 2 amide bonds. The Morgan fingerprint density at radius 2 is 1.38 bits per heavy atom. The third kappa shape index (κ3) is 4.42. The summed E-state index contributed by atoms with van der Waals surface area (Å²) in [7, 11) is 0. The Balaban J connectivity index is 2.00. The highest BCUT2D eigenvalue weighted by atomic mass is 79.9. The number of benzene rings is 1. The second kappa shape index (κ2) is 6.89. The molecule has 2 rings (SSSR count). The lowest BCUT2D eigenvalue weighted by Crippen LogP contribution is -2.41. The van der Waals surface area contributed by atoms with Crippen LogP contribution in [-0.4, -0.2) is 16.8 Å². The highest BCUT2D eigenvalue weighted by Gasteiger charge is 2.11. The van der Waals surface area contributed by atoms with Crippen LogP contribution in [0.2, 0.25) is 10.3 Å². The molecular weight excluding hydrogens is 381 g/mol. The van der Waals surface area contributed by atoms with Gasteiger partial charge in [0.05, 0.1) is 0 Å². The molecule has 5 nitrogen and oxygen atoms in total. The molecule has 0 saturated carbocycles. The number of nitrogens with zero attached hydrogens (tertiary/aromatic N) is 1. The van der Waals surface area contributed by atoms with E-state index in [1.54, 1.807) is 24.3 Å². The van der Waals surface area contributed by atoms with Crippen molar-refractivity contribution in [3.05, 3.63) is 62.3 Å². The second-order valence-electron chi connectivity index (χ2n) is 3.92. The van der Waals surface area contributed by atoms with E-state index in [0.717, 1.165) is 4.47 Å². The summed E-state index contributed by atoms with van der Waals surface area (Å²) in [6.45, 7) is 0. The number of pyridine rings is 1. The standard InChI is InChI=1S/C13H8BrCl2N3O2/c14-9-3-1-7(2-4-9)12(20)18-19-13(21)8-5-10(15)17-11(16)6-8/h1-6H,(H,18,20)(H,19,21). The Morgan fingerprint density at radius 3 is 1.90 bits per heavy atom. The van der Waals surface area contributed by atoms with E-state index in [9.17, 15) is 9.59 Å². The van der Waals surface area contributed by atoms with E-state index in [1.807, 2.05) is 0 Å². The summed E-state index contributed by atoms with van der Waals surface area (Å²) in [5.41, 5.74) is 5.16. The van der Waals surface area contributed by atoms with Crippen molar-refractivity contribution in [3.63, 3.8) is 0 Å². The molecule has 2 aromatic rings. The number of amides is 2. The van der Waals surface area contributed by atoms with Gasteiger partial charge in [-0.2, -0.15) is 0 Å². The van der Waals surface area contributed by atoms with E-state index in [-0.39, 0.29) is 15.9 Å². The number of hydrogen-bond donors (Lipinski definition) is 2. The number of carbonyl (C=O) groups excluding carboxylic acids is 2. The SMILES string of the molecule is O=C(NNC(=O)c1cc(Cl)nc(Cl)c1)c1ccc(Br)cc1. The molecule has 0 aliphatic heterocycles. The summed E-state index contributed by atoms with van der Waals surface area (Å²) in [4.78, 5) is 27.4. The van der Waals surface area contributed by atoms with Gasteiger partial charge in [-0.05, 0) is 36.4 Å². The van der Waals surface area contributed by atoms with Crippen LogP contribution in [0, 0.1) is 0 Å². The third-order valence-electron chi connectivity index (χ3n) is 2.42. The predicted octanol–water partition coefficient (Wildman–Crippen LogP) is 3.23. The van der Waals surface area contributed by atoms with Crippen LogP contribution in [0.4, 0.5) is 0 Å². The van der Waals surface area contributed by atoms with Crippen molar-refractivity contribution in [2.45, 2.75) is 0 Å². The van der Waals surface area contributed by atoms with Crippen LogP contribution >= 0.6 is 39.1 Å². The molecule has 0 aliphatic carbocycles. The van der Waals surface area contributed by atoms with Crippen LogP contribution in [0.3, 0.4) is 0 Å². The molecule has 2 N–H and O–H groups in total. The first-order valence-electron chi connectivity index (χ1n) is 5.65. The van der Waals surface area contributed by atoms with Crippen LogP contribution in [0.5, 0.6) is 0 Å². The molecular formula is C13H8BrCl2N3O2. The Labute approximate surface area is 138 Å². The van der Waals surface area contributed by atoms with Crippen molar-refractivity contribution in [2.75, 3.05) is 0 Å². The minimum Gasteiger partial charge on any atom is -0.267 e. The van der Waals surface area contributed by atoms with Crippen molar-refractivity contribution in [1.29, 1.82) is 0 Å². The van der Waals surface area contributed by atoms with Gasteiger partial charge in [0.25, 0.3) is 11.8 Å². The average Bonchev–Trinajstić information content (AvgIpc) is 2.44. The first-order chi connectivity index (χ1) is 9.95. The first kappa shape index (κ1) is 15.8. The number of hydrazine groups is 1. The normalized spacial score (nSPS) is 10.0. The molecule has 108 valence electrons. The van der Waals surface area contributed by atoms with Gasteiger partial charge in [0.1, 0.15) is 10.3 Å². The zero-order valence-electron chi connectivity index (χ0n) is 10.4. The topological polar surface area (TPSA) is 71.1 Å². The largest absolute Gasteiger partial charge is 0.269 e. The van der Waals surface area contributed by atoms with Crippen molar-refractivity contribution in [1.82, 2.24) is 15.8 Å². The number of hydrogen-bond acceptors (Lipinski definition) is 3. The van der Waals surface area contributed by atoms with Crippen LogP contribution in [0.1, 0.15) is 20.7 Å². The van der Waals surface area contributed by atoms with Gasteiger partial charge in [0.15, 0.2) is 0 Å². The Kier molecular flexibility index (Phi) is 5.17. The zero-order chi connectivity index (χ0) is 15.4. The van der Waals surface area contributed by atoms with Crippen LogP contribution in [-0.2, 0) is 0 Å². The molecule has 0 atom stereocenters. The number of halogens is 3. The highest BCUT2D eigenvalue weighted by Crippen LogP contribution is 2.14. The lowest BCUT2D eigenvalue weighted by atomic mass is 10.2. The molecule has 0 unspecified atom stereocenters. The molecule has 1 aromatic carbocycles. The molecule has 0 bridgehead atoms. The molecule has 0 spiro atoms. The number of aromatic nitrogens is 1. The fraction of sp³-hybridized carbons (Fsp3) is 0. The highest BCUT2D eigenvalue weighted by molar-refractivity contribution is 9.10. The van der Waals surface area contributed by atoms with Crippen LogP contribution < -0.4 is 10.9 Å². The molecule has 0 saturated heterocycles. The van der Waals surface area contributed by atoms with Crippen LogP contribution in [0.25, 0.3) is 0 Å². The van der Waals surface area contributed by atoms with E-state index < -0.39 is 11.8 Å². The summed E-state index contributed by atoms with van der Waals surface area (Å²) >= 11 is 14.7. The van der Waals surface area contributed by atoms with Gasteiger partial charge in [0, 0.05) is 15.6 Å². The lowest BCUT2D eigenvalue weighted by Gasteiger charge is -2.08. The number of nitrogens with one attached hydrogen (secondary N) is 2. The lowest BCUT2D eigenvalue weighted by molar-refractivity contribution is 0.0846. The minimum atomic E-state index is -0.549. The van der Waals surface area contributed by atoms with Gasteiger partial charge < -0.3 is 0 Å². The van der Waals surface area contributed by atoms with Crippen molar-refractivity contribution in [3.8, 4) is 0 Å². The van der Waals surface area contributed by atoms with E-state index in [1.165, 1.54) is 12.1 Å². The summed E-state index contributed by atoms with van der Waals surface area (Å²) in [5, 5.41) is 0.179. The molecule has 0 aliphatic rings. The molecule has 8 heteroatoms. The van der Waals surface area contributed by atoms with E-state index in [2.05, 4.69) is 31.8 Å². The summed E-state index contributed by atoms with van der Waals surface area (Å²) in [5.74, 6) is -0.992. The molecule has 1 aromatic heterocycles. The Bertz CT molecular complexity index is 672. The summed E-state index contributed by atoms with van der Waals surface area (Å²) < 4.78 is 0.851. The van der Waals surface area contributed by atoms with Crippen LogP contribution in [0.15, 0.2) is 40.9 Å². The van der Waals surface area contributed by atoms with Gasteiger partial charge in [-0.3, -0.25) is 20.4 Å². The van der Waals surface area contributed by atoms with Crippen molar-refractivity contribution in [2.24, 2.45) is 0 Å². The Hall–Kier alpha value is -1.63. The summed E-state index contributed by atoms with van der Waals surface area (Å²) in [6, 6.07) is 9.36. The predicted molar refractivity (Wildman–Crippen MR) is 83.3 cm³/mol. The van der Waals surface area contributed by atoms with Gasteiger partial charge >= 0.3 is 0 Å². The fourth-order valence-electron chi connectivity index (χ4n) is 1.46. The average molecular weight is 389 g/mol. The maximum absolute atomic E-state index is 11.9. The zero-order valence-corrected chi connectivity index (χ0v) is 13.5. The Morgan fingerprint density at radius 1 is 0.905 bits per heavy atom. The van der Waals surface area contributed by atoms with Gasteiger partial charge in [-0.25, -0.2) is 4.98 Å². The minimum absolute atomic E-state index is 0.0897. The monoisotopic (exact) mass is 387 g/mol. The smallest absolute Gasteiger partial charge is 0.267 e. The maximum atomic E-state index is 11.9. The number of carbonyl (C=O) groups is 2. The molecule has 0 radical (unpaired) electrons. The summed E-state index contributed by atoms with van der Waals surface area (Å²) in [6.07, 6.45) is 0. The van der Waals surface area contributed by atoms with Gasteiger partial charge in [-0.15, -0.1) is 0 Å². The number of rotatable bonds is 2. The molecule has 21 heavy (non-hydrogen) atoms. The second-order valence-corrected chi connectivity index (χ2v) is 5.61. The van der Waals surface area contributed by atoms with E-state index >= 15 is 0 Å². The third-order valence-corrected chi connectivity index (χ3v) is 3.34.